The van der Waals surface area contributed by atoms with Gasteiger partial charge in [0.15, 0.2) is 5.82 Å². The fourth-order valence-electron chi connectivity index (χ4n) is 2.85. The van der Waals surface area contributed by atoms with E-state index in [2.05, 4.69) is 36.1 Å². The molecular formula is C13H19N7OS. The van der Waals surface area contributed by atoms with Crippen LogP contribution >= 0.6 is 11.3 Å². The SMILES string of the molecule is CCc1nnc(C(=O)NC(c2nn[nH]n2)C2CCCCC2)s1. The number of carbonyl (C=O) groups excluding carboxylic acids is 1. The first-order chi connectivity index (χ1) is 10.8. The van der Waals surface area contributed by atoms with Crippen molar-refractivity contribution in [2.24, 2.45) is 5.92 Å². The Labute approximate surface area is 132 Å². The summed E-state index contributed by atoms with van der Waals surface area (Å²) in [5.41, 5.74) is 0. The molecule has 0 aromatic carbocycles. The Morgan fingerprint density at radius 2 is 2.14 bits per heavy atom. The second kappa shape index (κ2) is 6.91. The van der Waals surface area contributed by atoms with Crippen molar-refractivity contribution in [2.75, 3.05) is 0 Å². The highest BCUT2D eigenvalue weighted by molar-refractivity contribution is 7.13. The second-order valence-corrected chi connectivity index (χ2v) is 6.54. The molecule has 2 aromatic heterocycles. The van der Waals surface area contributed by atoms with Gasteiger partial charge < -0.3 is 5.32 Å². The van der Waals surface area contributed by atoms with Gasteiger partial charge in [0.1, 0.15) is 5.01 Å². The van der Waals surface area contributed by atoms with E-state index in [4.69, 9.17) is 0 Å². The van der Waals surface area contributed by atoms with E-state index in [1.165, 1.54) is 30.6 Å². The summed E-state index contributed by atoms with van der Waals surface area (Å²) in [5.74, 6) is 0.673. The highest BCUT2D eigenvalue weighted by atomic mass is 32.1. The highest BCUT2D eigenvalue weighted by Gasteiger charge is 2.30. The van der Waals surface area contributed by atoms with Crippen molar-refractivity contribution in [3.8, 4) is 0 Å². The van der Waals surface area contributed by atoms with Gasteiger partial charge in [-0.05, 0) is 25.2 Å². The molecule has 1 atom stereocenters. The zero-order valence-electron chi connectivity index (χ0n) is 12.4. The van der Waals surface area contributed by atoms with Crippen LogP contribution < -0.4 is 5.32 Å². The van der Waals surface area contributed by atoms with Crippen molar-refractivity contribution >= 4 is 17.2 Å². The summed E-state index contributed by atoms with van der Waals surface area (Å²) in [6, 6.07) is -0.222. The molecule has 3 rings (SSSR count). The third-order valence-corrected chi connectivity index (χ3v) is 5.08. The average Bonchev–Trinajstić information content (AvgIpc) is 3.24. The largest absolute Gasteiger partial charge is 0.339 e. The molecule has 1 aliphatic rings. The van der Waals surface area contributed by atoms with E-state index in [9.17, 15) is 4.79 Å². The predicted molar refractivity (Wildman–Crippen MR) is 80.2 cm³/mol. The number of hydrogen-bond donors (Lipinski definition) is 2. The van der Waals surface area contributed by atoms with Crippen LogP contribution in [0.25, 0.3) is 0 Å². The van der Waals surface area contributed by atoms with Crippen LogP contribution in [0.4, 0.5) is 0 Å². The molecular weight excluding hydrogens is 302 g/mol. The molecule has 22 heavy (non-hydrogen) atoms. The van der Waals surface area contributed by atoms with Crippen LogP contribution in [0.2, 0.25) is 0 Å². The normalized spacial score (nSPS) is 17.3. The molecule has 1 amide bonds. The standard InChI is InChI=1S/C13H19N7OS/c1-2-9-15-18-13(22-9)12(21)14-10(11-16-19-20-17-11)8-6-4-3-5-7-8/h8,10H,2-7H2,1H3,(H,14,21)(H,16,17,19,20). The molecule has 1 saturated carbocycles. The number of aromatic nitrogens is 6. The average molecular weight is 321 g/mol. The highest BCUT2D eigenvalue weighted by Crippen LogP contribution is 2.33. The van der Waals surface area contributed by atoms with Crippen molar-refractivity contribution in [3.63, 3.8) is 0 Å². The molecule has 0 spiro atoms. The number of nitrogens with zero attached hydrogens (tertiary/aromatic N) is 5. The van der Waals surface area contributed by atoms with E-state index in [0.717, 1.165) is 24.3 Å². The summed E-state index contributed by atoms with van der Waals surface area (Å²) in [6.07, 6.45) is 6.51. The van der Waals surface area contributed by atoms with Crippen LogP contribution in [0.5, 0.6) is 0 Å². The van der Waals surface area contributed by atoms with Crippen LogP contribution in [0.3, 0.4) is 0 Å². The maximum atomic E-state index is 12.4. The van der Waals surface area contributed by atoms with Crippen LogP contribution in [0.1, 0.15) is 65.7 Å². The maximum absolute atomic E-state index is 12.4. The molecule has 0 aliphatic heterocycles. The van der Waals surface area contributed by atoms with Gasteiger partial charge in [-0.15, -0.1) is 20.4 Å². The number of H-pyrrole nitrogens is 1. The number of rotatable bonds is 5. The summed E-state index contributed by atoms with van der Waals surface area (Å²) in [6.45, 7) is 1.99. The first kappa shape index (κ1) is 15.0. The summed E-state index contributed by atoms with van der Waals surface area (Å²) >= 11 is 1.33. The Morgan fingerprint density at radius 3 is 2.77 bits per heavy atom. The molecule has 118 valence electrons. The molecule has 0 radical (unpaired) electrons. The Morgan fingerprint density at radius 1 is 1.32 bits per heavy atom. The van der Waals surface area contributed by atoms with E-state index >= 15 is 0 Å². The molecule has 9 heteroatoms. The van der Waals surface area contributed by atoms with Gasteiger partial charge in [0.2, 0.25) is 5.01 Å². The van der Waals surface area contributed by atoms with Crippen molar-refractivity contribution < 1.29 is 4.79 Å². The number of tetrazole rings is 1. The minimum absolute atomic E-state index is 0.211. The van der Waals surface area contributed by atoms with Gasteiger partial charge in [-0.2, -0.15) is 5.21 Å². The molecule has 2 N–H and O–H groups in total. The first-order valence-electron chi connectivity index (χ1n) is 7.64. The van der Waals surface area contributed by atoms with Crippen molar-refractivity contribution in [3.05, 3.63) is 15.8 Å². The quantitative estimate of drug-likeness (QED) is 0.867. The molecule has 2 heterocycles. The summed E-state index contributed by atoms with van der Waals surface area (Å²) < 4.78 is 0. The second-order valence-electron chi connectivity index (χ2n) is 5.47. The lowest BCUT2D eigenvalue weighted by Crippen LogP contribution is -2.35. The fraction of sp³-hybridized carbons (Fsp3) is 0.692. The van der Waals surface area contributed by atoms with Crippen LogP contribution in [0, 0.1) is 5.92 Å². The van der Waals surface area contributed by atoms with E-state index in [1.54, 1.807) is 0 Å². The fourth-order valence-corrected chi connectivity index (χ4v) is 3.54. The summed E-state index contributed by atoms with van der Waals surface area (Å²) in [5, 5.41) is 26.5. The number of aryl methyl sites for hydroxylation is 1. The third kappa shape index (κ3) is 3.29. The van der Waals surface area contributed by atoms with Crippen molar-refractivity contribution in [2.45, 2.75) is 51.5 Å². The van der Waals surface area contributed by atoms with Gasteiger partial charge in [0, 0.05) is 0 Å². The van der Waals surface area contributed by atoms with Crippen LogP contribution in [0.15, 0.2) is 0 Å². The van der Waals surface area contributed by atoms with E-state index in [1.807, 2.05) is 6.92 Å². The Balaban J connectivity index is 1.75. The summed E-state index contributed by atoms with van der Waals surface area (Å²) in [4.78, 5) is 12.4. The lowest BCUT2D eigenvalue weighted by Gasteiger charge is -2.28. The molecule has 1 fully saturated rings. The number of hydrogen-bond acceptors (Lipinski definition) is 7. The van der Waals surface area contributed by atoms with Crippen LogP contribution in [-0.4, -0.2) is 36.7 Å². The molecule has 1 unspecified atom stereocenters. The molecule has 2 aromatic rings. The number of amides is 1. The van der Waals surface area contributed by atoms with Gasteiger partial charge in [-0.3, -0.25) is 4.79 Å². The number of nitrogens with one attached hydrogen (secondary N) is 2. The van der Waals surface area contributed by atoms with Gasteiger partial charge in [-0.1, -0.05) is 42.7 Å². The monoisotopic (exact) mass is 321 g/mol. The molecule has 0 bridgehead atoms. The minimum atomic E-state index is -0.222. The number of carbonyl (C=O) groups is 1. The summed E-state index contributed by atoms with van der Waals surface area (Å²) in [7, 11) is 0. The smallest absolute Gasteiger partial charge is 0.282 e. The van der Waals surface area contributed by atoms with Gasteiger partial charge >= 0.3 is 0 Å². The number of aromatic amines is 1. The van der Waals surface area contributed by atoms with E-state index in [0.29, 0.717) is 16.7 Å². The Kier molecular flexibility index (Phi) is 4.71. The van der Waals surface area contributed by atoms with Crippen LogP contribution in [-0.2, 0) is 6.42 Å². The molecule has 8 nitrogen and oxygen atoms in total. The van der Waals surface area contributed by atoms with Gasteiger partial charge in [0.25, 0.3) is 5.91 Å². The minimum Gasteiger partial charge on any atom is -0.339 e. The third-order valence-electron chi connectivity index (χ3n) is 4.01. The Hall–Kier alpha value is -1.90. The topological polar surface area (TPSA) is 109 Å². The first-order valence-corrected chi connectivity index (χ1v) is 8.46. The van der Waals surface area contributed by atoms with E-state index in [-0.39, 0.29) is 11.9 Å². The maximum Gasteiger partial charge on any atom is 0.282 e. The zero-order chi connectivity index (χ0) is 15.4. The van der Waals surface area contributed by atoms with E-state index < -0.39 is 0 Å². The molecule has 1 aliphatic carbocycles. The lowest BCUT2D eigenvalue weighted by atomic mass is 9.83. The van der Waals surface area contributed by atoms with Gasteiger partial charge in [0.05, 0.1) is 6.04 Å². The van der Waals surface area contributed by atoms with Gasteiger partial charge in [-0.25, -0.2) is 0 Å². The van der Waals surface area contributed by atoms with Crippen molar-refractivity contribution in [1.82, 2.24) is 36.1 Å². The predicted octanol–water partition coefficient (Wildman–Crippen LogP) is 1.66. The lowest BCUT2D eigenvalue weighted by molar-refractivity contribution is 0.0908. The molecule has 0 saturated heterocycles. The Bertz CT molecular complexity index is 606. The van der Waals surface area contributed by atoms with Crippen molar-refractivity contribution in [1.29, 1.82) is 0 Å². The zero-order valence-corrected chi connectivity index (χ0v) is 13.3.